The molecule has 0 radical (unpaired) electrons. The van der Waals surface area contributed by atoms with Gasteiger partial charge < -0.3 is 16.0 Å². The van der Waals surface area contributed by atoms with Gasteiger partial charge in [0, 0.05) is 19.6 Å². The third-order valence-electron chi connectivity index (χ3n) is 3.31. The van der Waals surface area contributed by atoms with Gasteiger partial charge in [-0.25, -0.2) is 13.1 Å². The van der Waals surface area contributed by atoms with Crippen molar-refractivity contribution in [1.29, 1.82) is 0 Å². The minimum atomic E-state index is -3.46. The number of nitrogens with two attached hydrogens (primary N) is 1. The number of likely N-dealkylation sites (N-methyl/N-ethyl adjacent to an activating group) is 1. The van der Waals surface area contributed by atoms with E-state index < -0.39 is 10.0 Å². The second kappa shape index (κ2) is 8.21. The van der Waals surface area contributed by atoms with E-state index in [1.165, 1.54) is 6.07 Å². The Hall–Kier alpha value is -1.31. The smallest absolute Gasteiger partial charge is 0.240 e. The fourth-order valence-corrected chi connectivity index (χ4v) is 3.08. The van der Waals surface area contributed by atoms with Crippen LogP contribution in [0.3, 0.4) is 0 Å². The average Bonchev–Trinajstić information content (AvgIpc) is 2.45. The van der Waals surface area contributed by atoms with E-state index in [1.807, 2.05) is 0 Å². The maximum absolute atomic E-state index is 12.0. The number of sulfonamides is 1. The lowest BCUT2D eigenvalue weighted by Crippen LogP contribution is -2.29. The van der Waals surface area contributed by atoms with Crippen molar-refractivity contribution in [2.75, 3.05) is 43.8 Å². The molecular weight excluding hydrogens is 288 g/mol. The van der Waals surface area contributed by atoms with E-state index in [2.05, 4.69) is 28.8 Å². The molecule has 0 saturated carbocycles. The largest absolute Gasteiger partial charge is 0.397 e. The second-order valence-corrected chi connectivity index (χ2v) is 6.47. The Morgan fingerprint density at radius 2 is 1.86 bits per heavy atom. The van der Waals surface area contributed by atoms with Crippen molar-refractivity contribution in [3.05, 3.63) is 18.2 Å². The summed E-state index contributed by atoms with van der Waals surface area (Å²) in [6, 6.07) is 4.71. The maximum atomic E-state index is 12.0. The van der Waals surface area contributed by atoms with Crippen molar-refractivity contribution in [1.82, 2.24) is 9.62 Å². The third-order valence-corrected chi connectivity index (χ3v) is 4.85. The molecule has 1 aromatic rings. The van der Waals surface area contributed by atoms with Crippen LogP contribution in [0.15, 0.2) is 23.1 Å². The highest BCUT2D eigenvalue weighted by molar-refractivity contribution is 7.89. The topological polar surface area (TPSA) is 87.5 Å². The van der Waals surface area contributed by atoms with Gasteiger partial charge in [-0.2, -0.15) is 0 Å². The molecule has 0 amide bonds. The number of nitrogens with one attached hydrogen (secondary N) is 2. The lowest BCUT2D eigenvalue weighted by molar-refractivity contribution is 0.316. The van der Waals surface area contributed by atoms with Gasteiger partial charge in [-0.15, -0.1) is 0 Å². The van der Waals surface area contributed by atoms with Crippen LogP contribution in [0.4, 0.5) is 11.4 Å². The number of hydrogen-bond acceptors (Lipinski definition) is 5. The first-order chi connectivity index (χ1) is 9.94. The number of nitrogens with zero attached hydrogens (tertiary/aromatic N) is 1. The molecule has 0 aliphatic heterocycles. The van der Waals surface area contributed by atoms with Crippen LogP contribution in [0.1, 0.15) is 20.8 Å². The fraction of sp³-hybridized carbons (Fsp3) is 0.571. The van der Waals surface area contributed by atoms with E-state index in [1.54, 1.807) is 19.1 Å². The molecule has 0 fully saturated rings. The summed E-state index contributed by atoms with van der Waals surface area (Å²) >= 11 is 0. The van der Waals surface area contributed by atoms with Crippen LogP contribution in [0.25, 0.3) is 0 Å². The van der Waals surface area contributed by atoms with E-state index in [-0.39, 0.29) is 4.90 Å². The molecule has 120 valence electrons. The minimum Gasteiger partial charge on any atom is -0.397 e. The predicted octanol–water partition coefficient (Wildman–Crippen LogP) is 1.32. The van der Waals surface area contributed by atoms with E-state index in [0.29, 0.717) is 17.9 Å². The Morgan fingerprint density at radius 1 is 1.19 bits per heavy atom. The SMILES string of the molecule is CCNS(=O)(=O)c1ccc(N)c(NCCN(CC)CC)c1. The summed E-state index contributed by atoms with van der Waals surface area (Å²) in [5.74, 6) is 0. The molecule has 0 heterocycles. The highest BCUT2D eigenvalue weighted by Crippen LogP contribution is 2.22. The molecule has 1 rings (SSSR count). The van der Waals surface area contributed by atoms with Gasteiger partial charge in [-0.3, -0.25) is 0 Å². The van der Waals surface area contributed by atoms with Gasteiger partial charge in [0.25, 0.3) is 0 Å². The van der Waals surface area contributed by atoms with Crippen molar-refractivity contribution in [2.24, 2.45) is 0 Å². The Bertz CT molecular complexity index is 542. The van der Waals surface area contributed by atoms with E-state index >= 15 is 0 Å². The summed E-state index contributed by atoms with van der Waals surface area (Å²) in [5, 5.41) is 3.21. The lowest BCUT2D eigenvalue weighted by atomic mass is 10.2. The Morgan fingerprint density at radius 3 is 2.43 bits per heavy atom. The zero-order valence-corrected chi connectivity index (χ0v) is 13.8. The van der Waals surface area contributed by atoms with E-state index in [0.717, 1.165) is 26.2 Å². The van der Waals surface area contributed by atoms with E-state index in [4.69, 9.17) is 5.73 Å². The first kappa shape index (κ1) is 17.7. The Labute approximate surface area is 127 Å². The zero-order chi connectivity index (χ0) is 15.9. The number of nitrogen functional groups attached to an aromatic ring is 1. The third kappa shape index (κ3) is 5.18. The van der Waals surface area contributed by atoms with Crippen molar-refractivity contribution in [2.45, 2.75) is 25.7 Å². The summed E-state index contributed by atoms with van der Waals surface area (Å²) < 4.78 is 26.4. The molecule has 0 unspecified atom stereocenters. The van der Waals surface area contributed by atoms with Gasteiger partial charge in [0.15, 0.2) is 0 Å². The normalized spacial score (nSPS) is 11.8. The quantitative estimate of drug-likeness (QED) is 0.598. The van der Waals surface area contributed by atoms with Gasteiger partial charge in [-0.1, -0.05) is 20.8 Å². The molecule has 0 atom stereocenters. The van der Waals surface area contributed by atoms with Gasteiger partial charge in [-0.05, 0) is 31.3 Å². The molecular formula is C14H26N4O2S. The van der Waals surface area contributed by atoms with Crippen LogP contribution < -0.4 is 15.8 Å². The molecule has 0 spiro atoms. The summed E-state index contributed by atoms with van der Waals surface area (Å²) in [7, 11) is -3.46. The standard InChI is InChI=1S/C14H26N4O2S/c1-4-17-21(19,20)12-7-8-13(15)14(11-12)16-9-10-18(5-2)6-3/h7-8,11,16-17H,4-6,9-10,15H2,1-3H3. The van der Waals surface area contributed by atoms with Crippen LogP contribution in [0.2, 0.25) is 0 Å². The molecule has 0 saturated heterocycles. The molecule has 0 aliphatic carbocycles. The van der Waals surface area contributed by atoms with Crippen molar-refractivity contribution in [3.8, 4) is 0 Å². The van der Waals surface area contributed by atoms with Crippen molar-refractivity contribution >= 4 is 21.4 Å². The molecule has 0 bridgehead atoms. The van der Waals surface area contributed by atoms with Crippen LogP contribution in [-0.4, -0.2) is 46.0 Å². The molecule has 0 aromatic heterocycles. The Balaban J connectivity index is 2.79. The number of hydrogen-bond donors (Lipinski definition) is 3. The number of anilines is 2. The molecule has 7 heteroatoms. The molecule has 4 N–H and O–H groups in total. The van der Waals surface area contributed by atoms with Crippen LogP contribution in [0.5, 0.6) is 0 Å². The lowest BCUT2D eigenvalue weighted by Gasteiger charge is -2.19. The van der Waals surface area contributed by atoms with Gasteiger partial charge in [0.05, 0.1) is 16.3 Å². The highest BCUT2D eigenvalue weighted by atomic mass is 32.2. The average molecular weight is 314 g/mol. The maximum Gasteiger partial charge on any atom is 0.240 e. The van der Waals surface area contributed by atoms with Gasteiger partial charge in [0.2, 0.25) is 10.0 Å². The summed E-state index contributed by atoms with van der Waals surface area (Å²) in [4.78, 5) is 2.51. The first-order valence-corrected chi connectivity index (χ1v) is 8.78. The molecule has 21 heavy (non-hydrogen) atoms. The minimum absolute atomic E-state index is 0.226. The van der Waals surface area contributed by atoms with Gasteiger partial charge in [0.1, 0.15) is 0 Å². The summed E-state index contributed by atoms with van der Waals surface area (Å²) in [6.07, 6.45) is 0. The molecule has 1 aromatic carbocycles. The Kier molecular flexibility index (Phi) is 6.94. The summed E-state index contributed by atoms with van der Waals surface area (Å²) in [5.41, 5.74) is 7.10. The monoisotopic (exact) mass is 314 g/mol. The highest BCUT2D eigenvalue weighted by Gasteiger charge is 2.14. The number of benzene rings is 1. The molecule has 0 aliphatic rings. The molecule has 6 nitrogen and oxygen atoms in total. The van der Waals surface area contributed by atoms with Gasteiger partial charge >= 0.3 is 0 Å². The first-order valence-electron chi connectivity index (χ1n) is 7.30. The number of rotatable bonds is 9. The van der Waals surface area contributed by atoms with Crippen molar-refractivity contribution in [3.63, 3.8) is 0 Å². The van der Waals surface area contributed by atoms with Crippen LogP contribution in [-0.2, 0) is 10.0 Å². The van der Waals surface area contributed by atoms with Crippen molar-refractivity contribution < 1.29 is 8.42 Å². The second-order valence-electron chi connectivity index (χ2n) is 4.70. The van der Waals surface area contributed by atoms with Crippen LogP contribution in [0, 0.1) is 0 Å². The fourth-order valence-electron chi connectivity index (χ4n) is 2.02. The summed E-state index contributed by atoms with van der Waals surface area (Å²) in [6.45, 7) is 9.91. The van der Waals surface area contributed by atoms with E-state index in [9.17, 15) is 8.42 Å². The van der Waals surface area contributed by atoms with Crippen LogP contribution >= 0.6 is 0 Å². The predicted molar refractivity (Wildman–Crippen MR) is 88.0 cm³/mol. The zero-order valence-electron chi connectivity index (χ0n) is 13.0.